The minimum Gasteiger partial charge on any atom is -0.351 e. The van der Waals surface area contributed by atoms with Crippen molar-refractivity contribution in [3.05, 3.63) is 53.7 Å². The molecule has 178 valence electrons. The maximum absolute atomic E-state index is 14.7. The number of alkyl halides is 3. The predicted molar refractivity (Wildman–Crippen MR) is 118 cm³/mol. The van der Waals surface area contributed by atoms with Gasteiger partial charge in [0.05, 0.1) is 18.4 Å². The summed E-state index contributed by atoms with van der Waals surface area (Å²) in [6.07, 6.45) is -1.94. The first-order valence-corrected chi connectivity index (χ1v) is 12.6. The summed E-state index contributed by atoms with van der Waals surface area (Å²) in [6.45, 7) is 0.720. The number of nitrogens with zero attached hydrogens (tertiary/aromatic N) is 4. The molecule has 0 aliphatic carbocycles. The van der Waals surface area contributed by atoms with Crippen molar-refractivity contribution in [2.45, 2.75) is 25.1 Å². The van der Waals surface area contributed by atoms with E-state index in [1.54, 1.807) is 28.0 Å². The van der Waals surface area contributed by atoms with Gasteiger partial charge in [-0.15, -0.1) is 0 Å². The molecule has 2 fully saturated rings. The molecule has 1 atom stereocenters. The third kappa shape index (κ3) is 5.13. The van der Waals surface area contributed by atoms with Crippen molar-refractivity contribution in [2.24, 2.45) is 5.92 Å². The van der Waals surface area contributed by atoms with E-state index in [0.717, 1.165) is 6.20 Å². The van der Waals surface area contributed by atoms with Gasteiger partial charge in [0.2, 0.25) is 5.91 Å². The summed E-state index contributed by atoms with van der Waals surface area (Å²) in [6, 6.07) is 5.50. The number of piperazine rings is 1. The number of amides is 1. The smallest absolute Gasteiger partial charge is 0.351 e. The summed E-state index contributed by atoms with van der Waals surface area (Å²) in [5.74, 6) is 3.83. The van der Waals surface area contributed by atoms with E-state index in [4.69, 9.17) is 0 Å². The molecule has 6 nitrogen and oxygen atoms in total. The van der Waals surface area contributed by atoms with Crippen molar-refractivity contribution in [1.29, 1.82) is 0 Å². The second kappa shape index (κ2) is 8.92. The molecule has 2 aromatic rings. The summed E-state index contributed by atoms with van der Waals surface area (Å²) >= 11 is 0. The van der Waals surface area contributed by atoms with Crippen LogP contribution in [0.25, 0.3) is 0 Å². The minimum atomic E-state index is -4.59. The van der Waals surface area contributed by atoms with Crippen LogP contribution < -0.4 is 4.90 Å². The van der Waals surface area contributed by atoms with Gasteiger partial charge in [-0.2, -0.15) is 13.2 Å². The summed E-state index contributed by atoms with van der Waals surface area (Å²) in [7, 11) is -2.15. The Bertz CT molecular complexity index is 1110. The summed E-state index contributed by atoms with van der Waals surface area (Å²) < 4.78 is 65.4. The number of halogens is 4. The Hall–Kier alpha value is -2.69. The van der Waals surface area contributed by atoms with Gasteiger partial charge in [-0.05, 0) is 34.3 Å². The van der Waals surface area contributed by atoms with E-state index in [2.05, 4.69) is 15.8 Å². The van der Waals surface area contributed by atoms with Gasteiger partial charge in [-0.1, -0.05) is 18.2 Å². The highest BCUT2D eigenvalue weighted by Gasteiger charge is 2.38. The lowest BCUT2D eigenvalue weighted by atomic mass is 9.96. The number of rotatable bonds is 3. The highest BCUT2D eigenvalue weighted by atomic mass is 32.2. The molecular formula is C22H24F4N4O2S. The van der Waals surface area contributed by atoms with Crippen LogP contribution in [0, 0.1) is 11.7 Å². The summed E-state index contributed by atoms with van der Waals surface area (Å²) in [5.41, 5.74) is -0.766. The van der Waals surface area contributed by atoms with Gasteiger partial charge in [-0.25, -0.2) is 14.4 Å². The molecule has 4 rings (SSSR count). The number of anilines is 1. The number of hydrogen-bond donors (Lipinski definition) is 0. The van der Waals surface area contributed by atoms with Crippen LogP contribution in [0.2, 0.25) is 0 Å². The molecule has 33 heavy (non-hydrogen) atoms. The average molecular weight is 485 g/mol. The van der Waals surface area contributed by atoms with Gasteiger partial charge >= 0.3 is 6.18 Å². The van der Waals surface area contributed by atoms with Gasteiger partial charge in [0.1, 0.15) is 11.6 Å². The highest BCUT2D eigenvalue weighted by Crippen LogP contribution is 2.33. The van der Waals surface area contributed by atoms with Crippen molar-refractivity contribution >= 4 is 27.1 Å². The fourth-order valence-electron chi connectivity index (χ4n) is 4.34. The molecule has 0 spiro atoms. The molecule has 0 saturated carbocycles. The first kappa shape index (κ1) is 23.5. The van der Waals surface area contributed by atoms with Crippen LogP contribution in [0.3, 0.4) is 0 Å². The van der Waals surface area contributed by atoms with E-state index in [9.17, 15) is 26.6 Å². The molecule has 1 unspecified atom stereocenters. The van der Waals surface area contributed by atoms with Crippen molar-refractivity contribution in [2.75, 3.05) is 36.0 Å². The molecule has 11 heteroatoms. The molecule has 3 heterocycles. The van der Waals surface area contributed by atoms with Crippen LogP contribution in [-0.4, -0.2) is 62.0 Å². The van der Waals surface area contributed by atoms with E-state index < -0.39 is 33.3 Å². The van der Waals surface area contributed by atoms with E-state index in [1.807, 2.05) is 0 Å². The van der Waals surface area contributed by atoms with Crippen LogP contribution >= 0.6 is 0 Å². The number of benzene rings is 1. The van der Waals surface area contributed by atoms with E-state index in [0.29, 0.717) is 42.7 Å². The van der Waals surface area contributed by atoms with Crippen LogP contribution in [-0.2, 0) is 20.5 Å². The maximum Gasteiger partial charge on any atom is 0.434 e. The fourth-order valence-corrected chi connectivity index (χ4v) is 5.97. The van der Waals surface area contributed by atoms with Gasteiger partial charge in [0.25, 0.3) is 0 Å². The molecular weight excluding hydrogens is 460 g/mol. The van der Waals surface area contributed by atoms with Crippen molar-refractivity contribution in [1.82, 2.24) is 14.9 Å². The van der Waals surface area contributed by atoms with Gasteiger partial charge in [0.15, 0.2) is 5.69 Å². The number of carbonyl (C=O) groups excluding carboxylic acids is 1. The predicted octanol–water partition coefficient (Wildman–Crippen LogP) is 3.15. The van der Waals surface area contributed by atoms with E-state index in [1.165, 1.54) is 6.07 Å². The third-order valence-corrected chi connectivity index (χ3v) is 8.17. The zero-order valence-corrected chi connectivity index (χ0v) is 18.6. The first-order chi connectivity index (χ1) is 15.5. The van der Waals surface area contributed by atoms with Gasteiger partial charge in [0, 0.05) is 42.6 Å². The molecule has 0 radical (unpaired) electrons. The van der Waals surface area contributed by atoms with Gasteiger partial charge < -0.3 is 9.80 Å². The molecule has 1 amide bonds. The number of aromatic nitrogens is 2. The van der Waals surface area contributed by atoms with Crippen LogP contribution in [0.4, 0.5) is 23.4 Å². The number of hydrogen-bond acceptors (Lipinski definition) is 5. The molecule has 2 aliphatic heterocycles. The topological polar surface area (TPSA) is 66.4 Å². The van der Waals surface area contributed by atoms with Gasteiger partial charge in [-0.3, -0.25) is 9.00 Å². The lowest BCUT2D eigenvalue weighted by molar-refractivity contribution is -0.141. The zero-order valence-electron chi connectivity index (χ0n) is 17.8. The van der Waals surface area contributed by atoms with Crippen LogP contribution in [0.5, 0.6) is 0 Å². The highest BCUT2D eigenvalue weighted by molar-refractivity contribution is 8.00. The normalized spacial score (nSPS) is 26.3. The molecule has 1 aromatic carbocycles. The molecule has 2 aliphatic rings. The Balaban J connectivity index is 1.59. The lowest BCUT2D eigenvalue weighted by Crippen LogP contribution is -2.53. The van der Waals surface area contributed by atoms with Crippen LogP contribution in [0.1, 0.15) is 30.1 Å². The second-order valence-electron chi connectivity index (χ2n) is 8.42. The molecule has 0 bridgehead atoms. The Morgan fingerprint density at radius 3 is 2.39 bits per heavy atom. The molecule has 2 saturated heterocycles. The Morgan fingerprint density at radius 1 is 1.09 bits per heavy atom. The lowest BCUT2D eigenvalue weighted by Gasteiger charge is -2.44. The van der Waals surface area contributed by atoms with Crippen molar-refractivity contribution in [3.8, 4) is 0 Å². The minimum absolute atomic E-state index is 0.128. The molecule has 0 N–H and O–H groups in total. The maximum atomic E-state index is 14.7. The second-order valence-corrected chi connectivity index (χ2v) is 11.2. The Labute approximate surface area is 189 Å². The number of carbonyl (C=O) groups is 1. The quantitative estimate of drug-likeness (QED) is 0.495. The van der Waals surface area contributed by atoms with E-state index >= 15 is 0 Å². The SMILES string of the molecule is C=S1(=O)CCC(C(=O)N2CCN(c3cnc(C(F)(F)F)cn3)CC2c2ccccc2F)CC1. The van der Waals surface area contributed by atoms with Crippen molar-refractivity contribution in [3.63, 3.8) is 0 Å². The van der Waals surface area contributed by atoms with E-state index in [-0.39, 0.29) is 30.7 Å². The average Bonchev–Trinajstić information content (AvgIpc) is 2.78. The monoisotopic (exact) mass is 484 g/mol. The standard InChI is InChI=1S/C22H24F4N4O2S/c1-33(32)10-6-15(7-11-33)21(31)30-9-8-29(14-18(30)16-4-2-3-5-17(16)23)20-13-27-19(12-28-20)22(24,25)26/h2-5,12-13,15,18H,1,6-11,14H2. The Morgan fingerprint density at radius 2 is 1.79 bits per heavy atom. The zero-order chi connectivity index (χ0) is 23.8. The largest absolute Gasteiger partial charge is 0.434 e. The fraction of sp³-hybridized carbons (Fsp3) is 0.455. The molecule has 1 aromatic heterocycles. The Kier molecular flexibility index (Phi) is 6.35. The van der Waals surface area contributed by atoms with Crippen LogP contribution in [0.15, 0.2) is 36.7 Å². The first-order valence-electron chi connectivity index (χ1n) is 10.6. The summed E-state index contributed by atoms with van der Waals surface area (Å²) in [4.78, 5) is 24.1. The van der Waals surface area contributed by atoms with Crippen molar-refractivity contribution < 1.29 is 26.6 Å². The third-order valence-electron chi connectivity index (χ3n) is 6.21. The summed E-state index contributed by atoms with van der Waals surface area (Å²) in [5, 5.41) is 0.